The van der Waals surface area contributed by atoms with Crippen LogP contribution in [0.4, 0.5) is 5.69 Å². The van der Waals surface area contributed by atoms with Crippen LogP contribution in [0.5, 0.6) is 0 Å². The van der Waals surface area contributed by atoms with E-state index in [9.17, 15) is 19.2 Å². The molecule has 234 valence electrons. The summed E-state index contributed by atoms with van der Waals surface area (Å²) in [6.07, 6.45) is 10.3. The quantitative estimate of drug-likeness (QED) is 0.189. The van der Waals surface area contributed by atoms with Crippen molar-refractivity contribution >= 4 is 40.3 Å². The maximum absolute atomic E-state index is 13.1. The molecule has 2 saturated heterocycles. The highest BCUT2D eigenvalue weighted by Gasteiger charge is 2.44. The largest absolute Gasteiger partial charge is 0.385 e. The van der Waals surface area contributed by atoms with Gasteiger partial charge >= 0.3 is 0 Å². The van der Waals surface area contributed by atoms with Crippen LogP contribution >= 0.6 is 0 Å². The van der Waals surface area contributed by atoms with Gasteiger partial charge in [-0.25, -0.2) is 4.98 Å². The van der Waals surface area contributed by atoms with Gasteiger partial charge in [-0.3, -0.25) is 39.1 Å². The van der Waals surface area contributed by atoms with Crippen LogP contribution in [0, 0.1) is 5.92 Å². The number of hydrogen-bond donors (Lipinski definition) is 3. The Morgan fingerprint density at radius 1 is 0.978 bits per heavy atom. The Labute approximate surface area is 265 Å². The Hall–Kier alpha value is -4.97. The standard InChI is InChI=1S/C34H34N8O4/c43-30-9-8-29(32(44)40-30)42-33(45)25-7-6-22(13-26(25)34(42)46)36-10-2-3-19-11-23(12-19)41-18-21(16-38-41)28-17-37-31-24(20-14-35-15-20)4-1-5-27(31)39-28/h1,4-7,13,16-20,23,29,35-36H,2-3,8-12,14-15H2,(H,40,43,44)/t19-,23-,29?. The van der Waals surface area contributed by atoms with E-state index in [1.165, 1.54) is 5.56 Å². The average Bonchev–Trinajstić information content (AvgIpc) is 3.58. The molecule has 2 aromatic carbocycles. The van der Waals surface area contributed by atoms with Gasteiger partial charge in [-0.2, -0.15) is 5.10 Å². The summed E-state index contributed by atoms with van der Waals surface area (Å²) >= 11 is 0. The number of aromatic nitrogens is 4. The third kappa shape index (κ3) is 5.02. The second kappa shape index (κ2) is 11.4. The molecule has 0 bridgehead atoms. The molecule has 4 aliphatic rings. The lowest BCUT2D eigenvalue weighted by Gasteiger charge is -2.35. The van der Waals surface area contributed by atoms with E-state index in [1.54, 1.807) is 18.2 Å². The summed E-state index contributed by atoms with van der Waals surface area (Å²) in [5.41, 5.74) is 6.31. The van der Waals surface area contributed by atoms with E-state index >= 15 is 0 Å². The minimum absolute atomic E-state index is 0.0985. The molecule has 1 unspecified atom stereocenters. The Morgan fingerprint density at radius 2 is 1.83 bits per heavy atom. The zero-order chi connectivity index (χ0) is 31.4. The molecule has 46 heavy (non-hydrogen) atoms. The molecule has 1 atom stereocenters. The molecule has 0 spiro atoms. The van der Waals surface area contributed by atoms with Crippen molar-refractivity contribution in [3.8, 4) is 11.3 Å². The van der Waals surface area contributed by atoms with Crippen LogP contribution in [0.15, 0.2) is 55.0 Å². The topological polar surface area (TPSA) is 151 Å². The van der Waals surface area contributed by atoms with Crippen LogP contribution in [-0.4, -0.2) is 74.0 Å². The number of nitrogens with one attached hydrogen (secondary N) is 3. The van der Waals surface area contributed by atoms with Crippen molar-refractivity contribution in [1.82, 2.24) is 35.3 Å². The van der Waals surface area contributed by atoms with Gasteiger partial charge in [-0.05, 0) is 67.9 Å². The lowest BCUT2D eigenvalue weighted by atomic mass is 9.77. The number of para-hydroxylation sites is 1. The highest BCUT2D eigenvalue weighted by atomic mass is 16.2. The number of fused-ring (bicyclic) bond motifs is 2. The number of rotatable bonds is 9. The van der Waals surface area contributed by atoms with Crippen molar-refractivity contribution in [1.29, 1.82) is 0 Å². The first-order valence-corrected chi connectivity index (χ1v) is 16.0. The molecule has 5 heterocycles. The van der Waals surface area contributed by atoms with E-state index in [2.05, 4.69) is 44.1 Å². The number of benzene rings is 2. The van der Waals surface area contributed by atoms with Gasteiger partial charge < -0.3 is 10.6 Å². The maximum Gasteiger partial charge on any atom is 0.262 e. The predicted octanol–water partition coefficient (Wildman–Crippen LogP) is 3.42. The first-order chi connectivity index (χ1) is 22.4. The van der Waals surface area contributed by atoms with Crippen molar-refractivity contribution in [2.45, 2.75) is 56.5 Å². The minimum atomic E-state index is -0.962. The molecule has 3 N–H and O–H groups in total. The highest BCUT2D eigenvalue weighted by molar-refractivity contribution is 6.23. The molecule has 12 nitrogen and oxygen atoms in total. The number of imide groups is 2. The zero-order valence-electron chi connectivity index (χ0n) is 25.2. The summed E-state index contributed by atoms with van der Waals surface area (Å²) in [6.45, 7) is 2.72. The first kappa shape index (κ1) is 28.5. The summed E-state index contributed by atoms with van der Waals surface area (Å²) < 4.78 is 2.06. The molecule has 3 fully saturated rings. The van der Waals surface area contributed by atoms with Crippen LogP contribution < -0.4 is 16.0 Å². The molecule has 2 aromatic heterocycles. The molecule has 0 radical (unpaired) electrons. The predicted molar refractivity (Wildman–Crippen MR) is 169 cm³/mol. The fourth-order valence-electron chi connectivity index (χ4n) is 7.07. The van der Waals surface area contributed by atoms with Gasteiger partial charge in [-0.15, -0.1) is 0 Å². The van der Waals surface area contributed by atoms with Crippen molar-refractivity contribution < 1.29 is 19.2 Å². The molecule has 1 saturated carbocycles. The zero-order valence-corrected chi connectivity index (χ0v) is 25.2. The van der Waals surface area contributed by atoms with Crippen LogP contribution in [0.25, 0.3) is 22.3 Å². The second-order valence-corrected chi connectivity index (χ2v) is 12.8. The monoisotopic (exact) mass is 618 g/mol. The summed E-state index contributed by atoms with van der Waals surface area (Å²) in [5.74, 6) is -0.855. The maximum atomic E-state index is 13.1. The van der Waals surface area contributed by atoms with Gasteiger partial charge in [0.1, 0.15) is 6.04 Å². The van der Waals surface area contributed by atoms with Gasteiger partial charge in [0.25, 0.3) is 11.8 Å². The van der Waals surface area contributed by atoms with Gasteiger partial charge in [0.15, 0.2) is 0 Å². The summed E-state index contributed by atoms with van der Waals surface area (Å²) in [4.78, 5) is 60.5. The van der Waals surface area contributed by atoms with Crippen molar-refractivity contribution in [2.75, 3.05) is 25.0 Å². The van der Waals surface area contributed by atoms with Crippen molar-refractivity contribution in [3.05, 3.63) is 71.7 Å². The lowest BCUT2D eigenvalue weighted by molar-refractivity contribution is -0.136. The van der Waals surface area contributed by atoms with Crippen LogP contribution in [0.3, 0.4) is 0 Å². The Morgan fingerprint density at radius 3 is 2.63 bits per heavy atom. The SMILES string of the molecule is O=C1CCC(N2C(=O)c3ccc(NCCC[C@H]4C[C@H](n5cc(-c6cnc7c(C8CNC8)cccc7n6)cn5)C4)cc3C2=O)C(=O)N1. The minimum Gasteiger partial charge on any atom is -0.385 e. The smallest absolute Gasteiger partial charge is 0.262 e. The van der Waals surface area contributed by atoms with E-state index in [0.29, 0.717) is 17.9 Å². The number of carbonyl (C=O) groups excluding carboxylic acids is 4. The molecular formula is C34H34N8O4. The first-order valence-electron chi connectivity index (χ1n) is 16.0. The van der Waals surface area contributed by atoms with Gasteiger partial charge in [-0.1, -0.05) is 12.1 Å². The average molecular weight is 619 g/mol. The fraction of sp³-hybridized carbons (Fsp3) is 0.382. The summed E-state index contributed by atoms with van der Waals surface area (Å²) in [7, 11) is 0. The molecular weight excluding hydrogens is 584 g/mol. The molecule has 12 heteroatoms. The molecule has 4 aromatic rings. The third-order valence-corrected chi connectivity index (χ3v) is 9.86. The van der Waals surface area contributed by atoms with E-state index in [0.717, 1.165) is 78.2 Å². The number of amides is 4. The van der Waals surface area contributed by atoms with E-state index in [4.69, 9.17) is 9.97 Å². The lowest BCUT2D eigenvalue weighted by Crippen LogP contribution is -2.54. The Balaban J connectivity index is 0.820. The molecule has 8 rings (SSSR count). The summed E-state index contributed by atoms with van der Waals surface area (Å²) in [6, 6.07) is 10.8. The number of nitrogens with zero attached hydrogens (tertiary/aromatic N) is 5. The Bertz CT molecular complexity index is 1890. The molecule has 3 aliphatic heterocycles. The fourth-order valence-corrected chi connectivity index (χ4v) is 7.07. The number of anilines is 1. The van der Waals surface area contributed by atoms with Crippen LogP contribution in [0.1, 0.15) is 76.8 Å². The Kier molecular flexibility index (Phi) is 7.08. The van der Waals surface area contributed by atoms with E-state index < -0.39 is 23.8 Å². The summed E-state index contributed by atoms with van der Waals surface area (Å²) in [5, 5.41) is 13.6. The highest BCUT2D eigenvalue weighted by Crippen LogP contribution is 2.40. The number of piperidine rings is 1. The third-order valence-electron chi connectivity index (χ3n) is 9.86. The van der Waals surface area contributed by atoms with Gasteiger partial charge in [0.2, 0.25) is 11.8 Å². The normalized spacial score (nSPS) is 22.9. The number of carbonyl (C=O) groups is 4. The van der Waals surface area contributed by atoms with Gasteiger partial charge in [0.05, 0.1) is 46.3 Å². The van der Waals surface area contributed by atoms with E-state index in [1.807, 2.05) is 18.5 Å². The van der Waals surface area contributed by atoms with Crippen molar-refractivity contribution in [2.24, 2.45) is 5.92 Å². The second-order valence-electron chi connectivity index (χ2n) is 12.8. The van der Waals surface area contributed by atoms with Gasteiger partial charge in [0, 0.05) is 49.4 Å². The number of hydrogen-bond acceptors (Lipinski definition) is 9. The van der Waals surface area contributed by atoms with E-state index in [-0.39, 0.29) is 29.9 Å². The molecule has 1 aliphatic carbocycles. The van der Waals surface area contributed by atoms with Crippen LogP contribution in [0.2, 0.25) is 0 Å². The molecule has 4 amide bonds. The van der Waals surface area contributed by atoms with Crippen LogP contribution in [-0.2, 0) is 9.59 Å². The van der Waals surface area contributed by atoms with Crippen molar-refractivity contribution in [3.63, 3.8) is 0 Å².